The second-order valence-corrected chi connectivity index (χ2v) is 6.39. The van der Waals surface area contributed by atoms with E-state index in [-0.39, 0.29) is 24.0 Å². The van der Waals surface area contributed by atoms with Gasteiger partial charge >= 0.3 is 12.0 Å². The highest BCUT2D eigenvalue weighted by atomic mass is 16.5. The van der Waals surface area contributed by atoms with E-state index in [1.54, 1.807) is 4.90 Å². The van der Waals surface area contributed by atoms with Crippen LogP contribution in [-0.2, 0) is 9.53 Å². The maximum absolute atomic E-state index is 12.9. The fraction of sp³-hybridized carbons (Fsp3) is 0.300. The van der Waals surface area contributed by atoms with E-state index in [9.17, 15) is 9.59 Å². The van der Waals surface area contributed by atoms with Crippen molar-refractivity contribution in [1.29, 1.82) is 0 Å². The van der Waals surface area contributed by atoms with Gasteiger partial charge in [-0.2, -0.15) is 0 Å². The smallest absolute Gasteiger partial charge is 0.326 e. The van der Waals surface area contributed by atoms with Crippen molar-refractivity contribution in [2.45, 2.75) is 32.2 Å². The molecule has 0 spiro atoms. The number of benzene rings is 2. The van der Waals surface area contributed by atoms with Gasteiger partial charge in [0.2, 0.25) is 0 Å². The molecule has 25 heavy (non-hydrogen) atoms. The monoisotopic (exact) mass is 338 g/mol. The largest absolute Gasteiger partial charge is 0.469 e. The molecule has 1 N–H and O–H groups in total. The number of fused-ring (bicyclic) bond motifs is 1. The number of urea groups is 1. The van der Waals surface area contributed by atoms with Gasteiger partial charge in [-0.25, -0.2) is 4.79 Å². The maximum atomic E-state index is 12.9. The number of hydrogen-bond acceptors (Lipinski definition) is 3. The zero-order valence-electron chi connectivity index (χ0n) is 14.7. The zero-order chi connectivity index (χ0) is 18.0. The molecular weight excluding hydrogens is 316 g/mol. The van der Waals surface area contributed by atoms with Crippen LogP contribution in [0.5, 0.6) is 0 Å². The number of nitrogens with one attached hydrogen (secondary N) is 1. The van der Waals surface area contributed by atoms with Crippen LogP contribution < -0.4 is 10.2 Å². The molecule has 0 radical (unpaired) electrons. The van der Waals surface area contributed by atoms with E-state index in [0.29, 0.717) is 6.42 Å². The third-order valence-electron chi connectivity index (χ3n) is 4.60. The Labute approximate surface area is 147 Å². The van der Waals surface area contributed by atoms with Crippen LogP contribution in [0.15, 0.2) is 48.5 Å². The number of carbonyl (C=O) groups excluding carboxylic acids is 2. The first-order valence-electron chi connectivity index (χ1n) is 8.35. The number of methoxy groups -OCH3 is 1. The van der Waals surface area contributed by atoms with Crippen molar-refractivity contribution in [3.05, 3.63) is 59.7 Å². The molecule has 2 aromatic rings. The minimum absolute atomic E-state index is 0.121. The lowest BCUT2D eigenvalue weighted by Crippen LogP contribution is -2.46. The second kappa shape index (κ2) is 6.97. The van der Waals surface area contributed by atoms with Crippen molar-refractivity contribution in [1.82, 2.24) is 0 Å². The average molecular weight is 338 g/mol. The Balaban J connectivity index is 1.91. The number of esters is 1. The molecule has 1 heterocycles. The van der Waals surface area contributed by atoms with Gasteiger partial charge in [0.15, 0.2) is 0 Å². The highest BCUT2D eigenvalue weighted by Gasteiger charge is 2.37. The summed E-state index contributed by atoms with van der Waals surface area (Å²) in [7, 11) is 1.39. The number of hydrogen-bond donors (Lipinski definition) is 1. The minimum Gasteiger partial charge on any atom is -0.469 e. The number of para-hydroxylation sites is 1. The molecule has 2 unspecified atom stereocenters. The first-order chi connectivity index (χ1) is 12.0. The van der Waals surface area contributed by atoms with Crippen LogP contribution in [0, 0.1) is 6.92 Å². The second-order valence-electron chi connectivity index (χ2n) is 6.39. The lowest BCUT2D eigenvalue weighted by Gasteiger charge is -2.38. The van der Waals surface area contributed by atoms with Crippen LogP contribution in [0.1, 0.15) is 30.4 Å². The van der Waals surface area contributed by atoms with Crippen LogP contribution in [0.4, 0.5) is 16.2 Å². The summed E-state index contributed by atoms with van der Waals surface area (Å²) in [5.74, 6) is -0.613. The molecule has 2 amide bonds. The standard InChI is InChI=1S/C20H22N2O3/c1-13-8-10-15(11-9-13)21-20(24)22-14(2)12-17(19(23)25-3)16-6-4-5-7-18(16)22/h4-11,14,17H,12H2,1-3H3,(H,21,24). The van der Waals surface area contributed by atoms with Crippen molar-refractivity contribution < 1.29 is 14.3 Å². The molecule has 1 aliphatic heterocycles. The Hall–Kier alpha value is -2.82. The predicted octanol–water partition coefficient (Wildman–Crippen LogP) is 4.08. The number of nitrogens with zero attached hydrogens (tertiary/aromatic N) is 1. The van der Waals surface area contributed by atoms with Crippen LogP contribution in [0.3, 0.4) is 0 Å². The summed E-state index contributed by atoms with van der Waals surface area (Å²) in [6, 6.07) is 14.8. The third kappa shape index (κ3) is 3.36. The van der Waals surface area contributed by atoms with E-state index in [4.69, 9.17) is 4.74 Å². The van der Waals surface area contributed by atoms with Crippen molar-refractivity contribution in [3.63, 3.8) is 0 Å². The highest BCUT2D eigenvalue weighted by Crippen LogP contribution is 2.39. The van der Waals surface area contributed by atoms with E-state index in [1.165, 1.54) is 7.11 Å². The molecule has 3 rings (SSSR count). The van der Waals surface area contributed by atoms with E-state index in [0.717, 1.165) is 22.5 Å². The number of ether oxygens (including phenoxy) is 1. The SMILES string of the molecule is COC(=O)C1CC(C)N(C(=O)Nc2ccc(C)cc2)c2ccccc21. The van der Waals surface area contributed by atoms with Crippen LogP contribution in [-0.4, -0.2) is 25.2 Å². The van der Waals surface area contributed by atoms with Gasteiger partial charge in [-0.15, -0.1) is 0 Å². The summed E-state index contributed by atoms with van der Waals surface area (Å²) in [5, 5.41) is 2.94. The van der Waals surface area contributed by atoms with Crippen LogP contribution >= 0.6 is 0 Å². The van der Waals surface area contributed by atoms with Gasteiger partial charge in [0.05, 0.1) is 13.0 Å². The Morgan fingerprint density at radius 1 is 1.12 bits per heavy atom. The average Bonchev–Trinajstić information content (AvgIpc) is 2.62. The molecule has 5 heteroatoms. The molecule has 0 aliphatic carbocycles. The van der Waals surface area contributed by atoms with Crippen LogP contribution in [0.25, 0.3) is 0 Å². The number of anilines is 2. The molecule has 0 saturated carbocycles. The molecular formula is C20H22N2O3. The Bertz CT molecular complexity index is 786. The summed E-state index contributed by atoms with van der Waals surface area (Å²) in [4.78, 5) is 26.7. The van der Waals surface area contributed by atoms with Gasteiger partial charge in [-0.1, -0.05) is 35.9 Å². The predicted molar refractivity (Wildman–Crippen MR) is 98.0 cm³/mol. The quantitative estimate of drug-likeness (QED) is 0.839. The molecule has 0 aromatic heterocycles. The van der Waals surface area contributed by atoms with E-state index < -0.39 is 0 Å². The molecule has 5 nitrogen and oxygen atoms in total. The molecule has 1 aliphatic rings. The maximum Gasteiger partial charge on any atom is 0.326 e. The Morgan fingerprint density at radius 2 is 1.80 bits per heavy atom. The lowest BCUT2D eigenvalue weighted by atomic mass is 9.86. The number of aryl methyl sites for hydroxylation is 1. The van der Waals surface area contributed by atoms with E-state index >= 15 is 0 Å². The van der Waals surface area contributed by atoms with Crippen molar-refractivity contribution in [2.24, 2.45) is 0 Å². The van der Waals surface area contributed by atoms with Crippen molar-refractivity contribution >= 4 is 23.4 Å². The van der Waals surface area contributed by atoms with Gasteiger partial charge in [0, 0.05) is 17.4 Å². The van der Waals surface area contributed by atoms with Gasteiger partial charge in [0.25, 0.3) is 0 Å². The number of amides is 2. The van der Waals surface area contributed by atoms with Gasteiger partial charge in [-0.05, 0) is 44.0 Å². The molecule has 0 saturated heterocycles. The third-order valence-corrected chi connectivity index (χ3v) is 4.60. The summed E-state index contributed by atoms with van der Waals surface area (Å²) < 4.78 is 4.94. The fourth-order valence-electron chi connectivity index (χ4n) is 3.31. The van der Waals surface area contributed by atoms with Gasteiger partial charge < -0.3 is 10.1 Å². The van der Waals surface area contributed by atoms with E-state index in [1.807, 2.05) is 62.4 Å². The molecule has 2 aromatic carbocycles. The van der Waals surface area contributed by atoms with Crippen LogP contribution in [0.2, 0.25) is 0 Å². The first kappa shape index (κ1) is 17.0. The molecule has 2 atom stereocenters. The normalized spacial score (nSPS) is 19.1. The minimum atomic E-state index is -0.348. The summed E-state index contributed by atoms with van der Waals surface area (Å²) in [6.07, 6.45) is 0.533. The van der Waals surface area contributed by atoms with E-state index in [2.05, 4.69) is 5.32 Å². The lowest BCUT2D eigenvalue weighted by molar-refractivity contribution is -0.142. The molecule has 130 valence electrons. The topological polar surface area (TPSA) is 58.6 Å². The summed E-state index contributed by atoms with van der Waals surface area (Å²) >= 11 is 0. The number of carbonyl (C=O) groups is 2. The molecule has 0 fully saturated rings. The summed E-state index contributed by atoms with van der Waals surface area (Å²) in [6.45, 7) is 3.95. The number of rotatable bonds is 2. The Morgan fingerprint density at radius 3 is 2.48 bits per heavy atom. The zero-order valence-corrected chi connectivity index (χ0v) is 14.7. The van der Waals surface area contributed by atoms with Crippen molar-refractivity contribution in [3.8, 4) is 0 Å². The Kier molecular flexibility index (Phi) is 4.74. The first-order valence-corrected chi connectivity index (χ1v) is 8.35. The summed E-state index contributed by atoms with van der Waals surface area (Å²) in [5.41, 5.74) is 3.46. The fourth-order valence-corrected chi connectivity index (χ4v) is 3.31. The van der Waals surface area contributed by atoms with Gasteiger partial charge in [-0.3, -0.25) is 9.69 Å². The molecule has 0 bridgehead atoms. The van der Waals surface area contributed by atoms with Crippen molar-refractivity contribution in [2.75, 3.05) is 17.3 Å². The van der Waals surface area contributed by atoms with Gasteiger partial charge in [0.1, 0.15) is 0 Å². The highest BCUT2D eigenvalue weighted by molar-refractivity contribution is 6.04.